The molecule has 37 heavy (non-hydrogen) atoms. The Morgan fingerprint density at radius 3 is 2.54 bits per heavy atom. The molecule has 12 heteroatoms. The maximum absolute atomic E-state index is 14.7. The SMILES string of the molecule is COCCn1cc(Cc2ncc(-c3ccc(CC(=O)Nc4cncc(C(F)(F)F)c4)c(F)c3)cn2)cn1. The third-order valence-corrected chi connectivity index (χ3v) is 5.37. The summed E-state index contributed by atoms with van der Waals surface area (Å²) in [5.74, 6) is -0.735. The van der Waals surface area contributed by atoms with Crippen LogP contribution in [0.2, 0.25) is 0 Å². The maximum atomic E-state index is 14.7. The maximum Gasteiger partial charge on any atom is 0.417 e. The summed E-state index contributed by atoms with van der Waals surface area (Å²) in [5.41, 5.74) is 1.01. The molecule has 0 fully saturated rings. The smallest absolute Gasteiger partial charge is 0.383 e. The quantitative estimate of drug-likeness (QED) is 0.335. The molecule has 3 heterocycles. The topological polar surface area (TPSA) is 94.8 Å². The first kappa shape index (κ1) is 25.9. The van der Waals surface area contributed by atoms with Crippen molar-refractivity contribution in [3.8, 4) is 11.1 Å². The fourth-order valence-corrected chi connectivity index (χ4v) is 3.49. The van der Waals surface area contributed by atoms with E-state index in [2.05, 4.69) is 25.4 Å². The van der Waals surface area contributed by atoms with Crippen LogP contribution in [0.5, 0.6) is 0 Å². The van der Waals surface area contributed by atoms with Crippen LogP contribution in [-0.4, -0.2) is 44.4 Å². The Kier molecular flexibility index (Phi) is 7.87. The molecular formula is C25H22F4N6O2. The summed E-state index contributed by atoms with van der Waals surface area (Å²) in [5, 5.41) is 6.57. The summed E-state index contributed by atoms with van der Waals surface area (Å²) < 4.78 is 60.0. The minimum atomic E-state index is -4.59. The second kappa shape index (κ2) is 11.2. The lowest BCUT2D eigenvalue weighted by Crippen LogP contribution is -2.16. The number of hydrogen-bond acceptors (Lipinski definition) is 6. The third kappa shape index (κ3) is 6.94. The molecule has 8 nitrogen and oxygen atoms in total. The van der Waals surface area contributed by atoms with E-state index in [1.165, 1.54) is 12.1 Å². The molecule has 0 aliphatic carbocycles. The Balaban J connectivity index is 1.38. The van der Waals surface area contributed by atoms with Crippen LogP contribution >= 0.6 is 0 Å². The van der Waals surface area contributed by atoms with Crippen molar-refractivity contribution in [1.29, 1.82) is 0 Å². The molecule has 0 unspecified atom stereocenters. The van der Waals surface area contributed by atoms with Crippen molar-refractivity contribution < 1.29 is 27.1 Å². The van der Waals surface area contributed by atoms with Gasteiger partial charge in [0.15, 0.2) is 0 Å². The number of benzene rings is 1. The van der Waals surface area contributed by atoms with Gasteiger partial charge in [0.25, 0.3) is 0 Å². The van der Waals surface area contributed by atoms with E-state index < -0.39 is 23.5 Å². The minimum Gasteiger partial charge on any atom is -0.383 e. The number of anilines is 1. The molecular weight excluding hydrogens is 492 g/mol. The molecule has 0 atom stereocenters. The standard InChI is InChI=1S/C25H22F4N6O2/c1-37-5-4-35-15-16(10-33-35)6-23-31-11-19(12-32-23)17-2-3-18(22(26)7-17)8-24(36)34-21-9-20(13-30-14-21)25(27,28)29/h2-3,7,9-15H,4-6,8H2,1H3,(H,34,36). The number of methoxy groups -OCH3 is 1. The fourth-order valence-electron chi connectivity index (χ4n) is 3.49. The Morgan fingerprint density at radius 1 is 1.05 bits per heavy atom. The van der Waals surface area contributed by atoms with Crippen LogP contribution in [0.1, 0.15) is 22.5 Å². The van der Waals surface area contributed by atoms with Crippen LogP contribution in [0, 0.1) is 5.82 Å². The van der Waals surface area contributed by atoms with Crippen molar-refractivity contribution in [2.24, 2.45) is 0 Å². The highest BCUT2D eigenvalue weighted by Gasteiger charge is 2.31. The summed E-state index contributed by atoms with van der Waals surface area (Å²) in [7, 11) is 1.62. The summed E-state index contributed by atoms with van der Waals surface area (Å²) in [4.78, 5) is 24.5. The van der Waals surface area contributed by atoms with Crippen LogP contribution in [0.4, 0.5) is 23.2 Å². The van der Waals surface area contributed by atoms with Gasteiger partial charge in [0.05, 0.1) is 43.2 Å². The van der Waals surface area contributed by atoms with Gasteiger partial charge in [0, 0.05) is 43.9 Å². The van der Waals surface area contributed by atoms with Gasteiger partial charge < -0.3 is 10.1 Å². The Bertz CT molecular complexity index is 1370. The van der Waals surface area contributed by atoms with Crippen molar-refractivity contribution >= 4 is 11.6 Å². The first-order valence-corrected chi connectivity index (χ1v) is 11.1. The molecule has 0 radical (unpaired) electrons. The molecule has 1 aromatic carbocycles. The summed E-state index contributed by atoms with van der Waals surface area (Å²) in [6, 6.07) is 5.08. The summed E-state index contributed by atoms with van der Waals surface area (Å²) >= 11 is 0. The van der Waals surface area contributed by atoms with Gasteiger partial charge >= 0.3 is 6.18 Å². The van der Waals surface area contributed by atoms with Crippen molar-refractivity contribution in [3.05, 3.63) is 89.8 Å². The van der Waals surface area contributed by atoms with Gasteiger partial charge in [-0.25, -0.2) is 14.4 Å². The average Bonchev–Trinajstić information content (AvgIpc) is 3.31. The lowest BCUT2D eigenvalue weighted by molar-refractivity contribution is -0.137. The van der Waals surface area contributed by atoms with Gasteiger partial charge in [-0.2, -0.15) is 18.3 Å². The lowest BCUT2D eigenvalue weighted by atomic mass is 10.0. The zero-order valence-corrected chi connectivity index (χ0v) is 19.7. The number of amides is 1. The number of hydrogen-bond donors (Lipinski definition) is 1. The summed E-state index contributed by atoms with van der Waals surface area (Å²) in [6.07, 6.45) is 4.06. The van der Waals surface area contributed by atoms with Gasteiger partial charge in [-0.05, 0) is 28.8 Å². The van der Waals surface area contributed by atoms with Gasteiger partial charge in [0.2, 0.25) is 5.91 Å². The molecule has 4 rings (SSSR count). The van der Waals surface area contributed by atoms with E-state index in [1.54, 1.807) is 36.4 Å². The predicted molar refractivity (Wildman–Crippen MR) is 126 cm³/mol. The first-order chi connectivity index (χ1) is 17.7. The molecule has 192 valence electrons. The molecule has 0 aliphatic heterocycles. The number of rotatable bonds is 9. The van der Waals surface area contributed by atoms with Crippen molar-refractivity contribution in [3.63, 3.8) is 0 Å². The van der Waals surface area contributed by atoms with E-state index in [9.17, 15) is 22.4 Å². The molecule has 4 aromatic rings. The number of aromatic nitrogens is 5. The molecule has 0 saturated heterocycles. The van der Waals surface area contributed by atoms with Crippen LogP contribution in [0.15, 0.2) is 61.4 Å². The van der Waals surface area contributed by atoms with E-state index in [4.69, 9.17) is 4.74 Å². The van der Waals surface area contributed by atoms with Gasteiger partial charge in [0.1, 0.15) is 11.6 Å². The highest BCUT2D eigenvalue weighted by Crippen LogP contribution is 2.30. The normalized spacial score (nSPS) is 11.5. The molecule has 0 spiro atoms. The molecule has 3 aromatic heterocycles. The Labute approximate surface area is 209 Å². The fraction of sp³-hybridized carbons (Fsp3) is 0.240. The van der Waals surface area contributed by atoms with E-state index in [0.717, 1.165) is 17.8 Å². The molecule has 0 saturated carbocycles. The highest BCUT2D eigenvalue weighted by atomic mass is 19.4. The number of pyridine rings is 1. The Morgan fingerprint density at radius 2 is 1.84 bits per heavy atom. The number of ether oxygens (including phenoxy) is 1. The van der Waals surface area contributed by atoms with Gasteiger partial charge in [-0.15, -0.1) is 0 Å². The van der Waals surface area contributed by atoms with E-state index >= 15 is 0 Å². The largest absolute Gasteiger partial charge is 0.417 e. The van der Waals surface area contributed by atoms with Crippen LogP contribution < -0.4 is 5.32 Å². The summed E-state index contributed by atoms with van der Waals surface area (Å²) in [6.45, 7) is 1.20. The Hall–Kier alpha value is -4.19. The van der Waals surface area contributed by atoms with Gasteiger partial charge in [-0.1, -0.05) is 12.1 Å². The second-order valence-electron chi connectivity index (χ2n) is 8.16. The highest BCUT2D eigenvalue weighted by molar-refractivity contribution is 5.92. The molecule has 1 N–H and O–H groups in total. The van der Waals surface area contributed by atoms with E-state index in [-0.39, 0.29) is 17.7 Å². The second-order valence-corrected chi connectivity index (χ2v) is 8.16. The van der Waals surface area contributed by atoms with Crippen LogP contribution in [0.3, 0.4) is 0 Å². The molecule has 1 amide bonds. The number of halogens is 4. The lowest BCUT2D eigenvalue weighted by Gasteiger charge is -2.10. The van der Waals surface area contributed by atoms with E-state index in [0.29, 0.717) is 42.7 Å². The van der Waals surface area contributed by atoms with Gasteiger partial charge in [-0.3, -0.25) is 14.5 Å². The van der Waals surface area contributed by atoms with Crippen LogP contribution in [0.25, 0.3) is 11.1 Å². The van der Waals surface area contributed by atoms with Crippen molar-refractivity contribution in [2.75, 3.05) is 19.0 Å². The zero-order valence-electron chi connectivity index (χ0n) is 19.7. The number of nitrogens with one attached hydrogen (secondary N) is 1. The molecule has 0 aliphatic rings. The number of carbonyl (C=O) groups is 1. The number of nitrogens with zero attached hydrogens (tertiary/aromatic N) is 5. The predicted octanol–water partition coefficient (Wildman–Crippen LogP) is 4.31. The minimum absolute atomic E-state index is 0.0872. The van der Waals surface area contributed by atoms with Crippen molar-refractivity contribution in [2.45, 2.75) is 25.6 Å². The third-order valence-electron chi connectivity index (χ3n) is 5.37. The zero-order chi connectivity index (χ0) is 26.4. The average molecular weight is 514 g/mol. The number of alkyl halides is 3. The monoisotopic (exact) mass is 514 g/mol. The first-order valence-electron chi connectivity index (χ1n) is 11.1. The van der Waals surface area contributed by atoms with Crippen molar-refractivity contribution in [1.82, 2.24) is 24.7 Å². The van der Waals surface area contributed by atoms with Crippen LogP contribution in [-0.2, 0) is 35.1 Å². The number of carbonyl (C=O) groups excluding carboxylic acids is 1. The van der Waals surface area contributed by atoms with E-state index in [1.807, 2.05) is 6.20 Å². The molecule has 0 bridgehead atoms.